The van der Waals surface area contributed by atoms with Crippen molar-refractivity contribution in [3.05, 3.63) is 0 Å². The van der Waals surface area contributed by atoms with Gasteiger partial charge in [-0.3, -0.25) is 4.79 Å². The third-order valence-electron chi connectivity index (χ3n) is 2.12. The summed E-state index contributed by atoms with van der Waals surface area (Å²) in [6, 6.07) is -0.300. The zero-order chi connectivity index (χ0) is 12.6. The Balaban J connectivity index is 3.93. The van der Waals surface area contributed by atoms with Crippen LogP contribution in [0.2, 0.25) is 0 Å². The van der Waals surface area contributed by atoms with Gasteiger partial charge in [-0.25, -0.2) is 0 Å². The highest BCUT2D eigenvalue weighted by molar-refractivity contribution is 5.82. The molecule has 0 bridgehead atoms. The summed E-state index contributed by atoms with van der Waals surface area (Å²) < 4.78 is 0. The van der Waals surface area contributed by atoms with E-state index >= 15 is 0 Å². The van der Waals surface area contributed by atoms with Crippen LogP contribution in [0.15, 0.2) is 5.16 Å². The Morgan fingerprint density at radius 2 is 2.12 bits per heavy atom. The van der Waals surface area contributed by atoms with Crippen LogP contribution in [0, 0.1) is 0 Å². The van der Waals surface area contributed by atoms with Gasteiger partial charge in [-0.05, 0) is 20.3 Å². The van der Waals surface area contributed by atoms with Crippen LogP contribution in [0.5, 0.6) is 0 Å². The first-order valence-electron chi connectivity index (χ1n) is 5.51. The van der Waals surface area contributed by atoms with Crippen molar-refractivity contribution in [2.24, 2.45) is 10.9 Å². The number of hydrogen-bond acceptors (Lipinski definition) is 4. The Hall–Kier alpha value is -1.30. The Labute approximate surface area is 96.3 Å². The molecule has 0 aliphatic heterocycles. The molecule has 6 nitrogen and oxygen atoms in total. The molecule has 0 saturated carbocycles. The second-order valence-electron chi connectivity index (χ2n) is 3.88. The van der Waals surface area contributed by atoms with Crippen molar-refractivity contribution in [1.82, 2.24) is 10.6 Å². The molecule has 94 valence electrons. The molecular weight excluding hydrogens is 208 g/mol. The van der Waals surface area contributed by atoms with E-state index in [1.165, 1.54) is 0 Å². The fourth-order valence-corrected chi connectivity index (χ4v) is 1.32. The van der Waals surface area contributed by atoms with Crippen LogP contribution in [0.4, 0.5) is 0 Å². The molecule has 1 amide bonds. The number of carbonyl (C=O) groups excluding carboxylic acids is 1. The molecule has 16 heavy (non-hydrogen) atoms. The third kappa shape index (κ3) is 6.23. The molecule has 6 heteroatoms. The van der Waals surface area contributed by atoms with Gasteiger partial charge in [0.15, 0.2) is 0 Å². The fraction of sp³-hybridized carbons (Fsp3) is 0.800. The number of nitrogens with one attached hydrogen (secondary N) is 2. The van der Waals surface area contributed by atoms with E-state index in [2.05, 4.69) is 15.8 Å². The largest absolute Gasteiger partial charge is 0.409 e. The summed E-state index contributed by atoms with van der Waals surface area (Å²) in [5.74, 6) is 0.120. The lowest BCUT2D eigenvalue weighted by Crippen LogP contribution is -2.46. The van der Waals surface area contributed by atoms with Gasteiger partial charge in [-0.1, -0.05) is 12.1 Å². The highest BCUT2D eigenvalue weighted by Crippen LogP contribution is 1.94. The molecule has 2 atom stereocenters. The second kappa shape index (κ2) is 7.92. The number of nitrogens with zero attached hydrogens (tertiary/aromatic N) is 1. The molecule has 0 aliphatic carbocycles. The smallest absolute Gasteiger partial charge is 0.236 e. The standard InChI is InChI=1S/C10H22N4O2/c1-4-5-12-10(15)8(3)13-7(2)6-9(11)14-16/h7-8,13,16H,4-6H2,1-3H3,(H2,11,14)(H,12,15). The summed E-state index contributed by atoms with van der Waals surface area (Å²) in [7, 11) is 0. The Bertz CT molecular complexity index is 243. The summed E-state index contributed by atoms with van der Waals surface area (Å²) in [5, 5.41) is 17.1. The number of oxime groups is 1. The SMILES string of the molecule is CCCNC(=O)C(C)NC(C)CC(N)=NO. The number of nitrogens with two attached hydrogens (primary N) is 1. The molecule has 0 saturated heterocycles. The van der Waals surface area contributed by atoms with E-state index in [1.807, 2.05) is 13.8 Å². The van der Waals surface area contributed by atoms with Crippen molar-refractivity contribution in [2.45, 2.75) is 45.7 Å². The highest BCUT2D eigenvalue weighted by Gasteiger charge is 2.15. The Kier molecular flexibility index (Phi) is 7.28. The maximum absolute atomic E-state index is 11.5. The zero-order valence-corrected chi connectivity index (χ0v) is 10.2. The van der Waals surface area contributed by atoms with Crippen LogP contribution in [0.3, 0.4) is 0 Å². The monoisotopic (exact) mass is 230 g/mol. The minimum absolute atomic E-state index is 0.0155. The number of rotatable bonds is 7. The lowest BCUT2D eigenvalue weighted by atomic mass is 10.2. The van der Waals surface area contributed by atoms with Gasteiger partial charge in [0.25, 0.3) is 0 Å². The van der Waals surface area contributed by atoms with Crippen molar-refractivity contribution in [3.63, 3.8) is 0 Å². The first-order valence-corrected chi connectivity index (χ1v) is 5.51. The average molecular weight is 230 g/mol. The van der Waals surface area contributed by atoms with Gasteiger partial charge >= 0.3 is 0 Å². The molecule has 0 heterocycles. The average Bonchev–Trinajstić information content (AvgIpc) is 2.25. The minimum Gasteiger partial charge on any atom is -0.409 e. The summed E-state index contributed by atoms with van der Waals surface area (Å²) >= 11 is 0. The number of amides is 1. The van der Waals surface area contributed by atoms with E-state index in [1.54, 1.807) is 6.92 Å². The molecule has 0 aliphatic rings. The number of carbonyl (C=O) groups is 1. The van der Waals surface area contributed by atoms with E-state index in [0.29, 0.717) is 13.0 Å². The first kappa shape index (κ1) is 14.7. The molecule has 0 rings (SSSR count). The van der Waals surface area contributed by atoms with Crippen LogP contribution >= 0.6 is 0 Å². The van der Waals surface area contributed by atoms with Crippen molar-refractivity contribution in [1.29, 1.82) is 0 Å². The molecular formula is C10H22N4O2. The summed E-state index contributed by atoms with van der Waals surface area (Å²) in [6.07, 6.45) is 1.32. The first-order chi connectivity index (χ1) is 7.51. The molecule has 0 fully saturated rings. The normalized spacial score (nSPS) is 15.6. The molecule has 0 aromatic heterocycles. The maximum atomic E-state index is 11.5. The van der Waals surface area contributed by atoms with E-state index in [9.17, 15) is 4.79 Å². The van der Waals surface area contributed by atoms with Crippen molar-refractivity contribution >= 4 is 11.7 Å². The van der Waals surface area contributed by atoms with Crippen LogP contribution in [0.25, 0.3) is 0 Å². The molecule has 0 aromatic rings. The second-order valence-corrected chi connectivity index (χ2v) is 3.88. The van der Waals surface area contributed by atoms with Crippen molar-refractivity contribution in [3.8, 4) is 0 Å². The Morgan fingerprint density at radius 3 is 2.62 bits per heavy atom. The van der Waals surface area contributed by atoms with Gasteiger partial charge in [0.05, 0.1) is 6.04 Å². The van der Waals surface area contributed by atoms with Crippen LogP contribution in [0.1, 0.15) is 33.6 Å². The Morgan fingerprint density at radius 1 is 1.50 bits per heavy atom. The van der Waals surface area contributed by atoms with E-state index in [0.717, 1.165) is 6.42 Å². The predicted molar refractivity (Wildman–Crippen MR) is 63.4 cm³/mol. The van der Waals surface area contributed by atoms with Crippen molar-refractivity contribution < 1.29 is 10.0 Å². The molecule has 0 radical (unpaired) electrons. The van der Waals surface area contributed by atoms with Gasteiger partial charge < -0.3 is 21.6 Å². The van der Waals surface area contributed by atoms with Crippen molar-refractivity contribution in [2.75, 3.05) is 6.54 Å². The number of amidine groups is 1. The molecule has 0 spiro atoms. The summed E-state index contributed by atoms with van der Waals surface area (Å²) in [4.78, 5) is 11.5. The zero-order valence-electron chi connectivity index (χ0n) is 10.2. The van der Waals surface area contributed by atoms with Crippen LogP contribution in [-0.2, 0) is 4.79 Å². The molecule has 0 aromatic carbocycles. The van der Waals surface area contributed by atoms with Gasteiger partial charge in [0.1, 0.15) is 5.84 Å². The van der Waals surface area contributed by atoms with Crippen LogP contribution in [-0.4, -0.2) is 35.6 Å². The van der Waals surface area contributed by atoms with Gasteiger partial charge in [0, 0.05) is 19.0 Å². The molecule has 5 N–H and O–H groups in total. The van der Waals surface area contributed by atoms with Gasteiger partial charge in [0.2, 0.25) is 5.91 Å². The maximum Gasteiger partial charge on any atom is 0.236 e. The lowest BCUT2D eigenvalue weighted by molar-refractivity contribution is -0.122. The predicted octanol–water partition coefficient (Wildman–Crippen LogP) is 0.0157. The van der Waals surface area contributed by atoms with Gasteiger partial charge in [-0.2, -0.15) is 0 Å². The van der Waals surface area contributed by atoms with Crippen LogP contribution < -0.4 is 16.4 Å². The van der Waals surface area contributed by atoms with E-state index in [-0.39, 0.29) is 23.8 Å². The fourth-order valence-electron chi connectivity index (χ4n) is 1.32. The van der Waals surface area contributed by atoms with E-state index < -0.39 is 0 Å². The van der Waals surface area contributed by atoms with E-state index in [4.69, 9.17) is 10.9 Å². The van der Waals surface area contributed by atoms with Gasteiger partial charge in [-0.15, -0.1) is 0 Å². The lowest BCUT2D eigenvalue weighted by Gasteiger charge is -2.18. The quantitative estimate of drug-likeness (QED) is 0.214. The third-order valence-corrected chi connectivity index (χ3v) is 2.12. The summed E-state index contributed by atoms with van der Waals surface area (Å²) in [5.41, 5.74) is 5.37. The topological polar surface area (TPSA) is 99.7 Å². The molecule has 2 unspecified atom stereocenters. The number of hydrogen-bond donors (Lipinski definition) is 4. The summed E-state index contributed by atoms with van der Waals surface area (Å²) in [6.45, 7) is 6.34. The highest BCUT2D eigenvalue weighted by atomic mass is 16.4. The minimum atomic E-state index is -0.284.